The zero-order chi connectivity index (χ0) is 39.5. The van der Waals surface area contributed by atoms with E-state index in [1.165, 1.54) is 67.3 Å². The Morgan fingerprint density at radius 2 is 1.04 bits per heavy atom. The molecule has 1 N–H and O–H groups in total. The fourth-order valence-electron chi connectivity index (χ4n) is 9.56. The molecule has 4 aliphatic rings. The van der Waals surface area contributed by atoms with E-state index in [1.54, 1.807) is 24.3 Å². The maximum absolute atomic E-state index is 14.7. The van der Waals surface area contributed by atoms with Gasteiger partial charge in [0.2, 0.25) is 0 Å². The van der Waals surface area contributed by atoms with Crippen molar-refractivity contribution in [1.82, 2.24) is 5.32 Å². The lowest BCUT2D eigenvalue weighted by atomic mass is 9.96. The predicted octanol–water partition coefficient (Wildman–Crippen LogP) is 8.14. The zero-order valence-electron chi connectivity index (χ0n) is 33.5. The van der Waals surface area contributed by atoms with Gasteiger partial charge in [-0.25, -0.2) is 8.78 Å². The molecule has 4 aromatic carbocycles. The minimum absolute atomic E-state index is 0. The average molecular weight is 952 g/mol. The summed E-state index contributed by atoms with van der Waals surface area (Å²) in [5.74, 6) is -0.194. The van der Waals surface area contributed by atoms with E-state index in [4.69, 9.17) is 34.8 Å². The van der Waals surface area contributed by atoms with Crippen molar-refractivity contribution in [1.29, 1.82) is 0 Å². The maximum Gasteiger partial charge on any atom is 0.180 e. The lowest BCUT2D eigenvalue weighted by molar-refractivity contribution is -0.920. The molecule has 2 aliphatic heterocycles. The number of likely N-dealkylation sites (tertiary alicyclic amines) is 1. The van der Waals surface area contributed by atoms with E-state index in [1.807, 2.05) is 24.3 Å². The molecule has 0 bridgehead atoms. The van der Waals surface area contributed by atoms with Crippen LogP contribution >= 0.6 is 34.8 Å². The molecule has 4 nitrogen and oxygen atoms in total. The minimum atomic E-state index is -0.750. The van der Waals surface area contributed by atoms with Crippen LogP contribution in [-0.4, -0.2) is 73.2 Å². The first-order valence-corrected chi connectivity index (χ1v) is 22.0. The first kappa shape index (κ1) is 45.9. The molecule has 2 saturated heterocycles. The molecule has 0 saturated carbocycles. The number of hydrogen-bond donors (Lipinski definition) is 1. The van der Waals surface area contributed by atoms with E-state index in [-0.39, 0.29) is 35.6 Å². The highest BCUT2D eigenvalue weighted by Gasteiger charge is 2.34. The van der Waals surface area contributed by atoms with E-state index >= 15 is 0 Å². The Morgan fingerprint density at radius 3 is 1.46 bits per heavy atom. The van der Waals surface area contributed by atoms with Gasteiger partial charge >= 0.3 is 0 Å². The van der Waals surface area contributed by atoms with Gasteiger partial charge in [-0.2, -0.15) is 0 Å². The Kier molecular flexibility index (Phi) is 18.1. The first-order chi connectivity index (χ1) is 27.1. The van der Waals surface area contributed by atoms with Crippen molar-refractivity contribution in [2.45, 2.75) is 106 Å². The Labute approximate surface area is 372 Å². The third-order valence-corrected chi connectivity index (χ3v) is 12.6. The number of fused-ring (bicyclic) bond motifs is 2. The van der Waals surface area contributed by atoms with E-state index in [9.17, 15) is 8.78 Å². The average Bonchev–Trinajstić information content (AvgIpc) is 3.82. The normalized spacial score (nSPS) is 19.9. The molecule has 2 fully saturated rings. The number of anilines is 2. The van der Waals surface area contributed by atoms with E-state index < -0.39 is 4.30 Å². The molecule has 0 amide bonds. The zero-order valence-corrected chi connectivity index (χ0v) is 38.0. The Balaban J connectivity index is 0.000000196. The van der Waals surface area contributed by atoms with E-state index in [0.29, 0.717) is 24.2 Å². The third kappa shape index (κ3) is 12.9. The standard InChI is InChI=1S/C24H32FN2.C22H27FN2.CHCl3.HI/c1-27(2)16-8-7-11-22(27)14-15-26(24-13-6-5-12-23(24)25)21-17-19-9-3-4-10-20(19)18-21;23-21-10-3-4-11-22(21)25(14-12-19-9-5-6-13-24-19)20-15-17-7-1-2-8-18(17)16-20;2-1(3)4;/h3-6,9-10,12-13,21-22H,7-8,11,14-18H2,1-2H3;1-4,7-8,10-11,19-20,24H,5-6,9,12-16H2;1H;1H/q+1;;;/p-1. The number of para-hydroxylation sites is 2. The number of piperidine rings is 2. The molecule has 0 radical (unpaired) electrons. The molecule has 0 spiro atoms. The predicted molar refractivity (Wildman–Crippen MR) is 234 cm³/mol. The summed E-state index contributed by atoms with van der Waals surface area (Å²) in [5.41, 5.74) is 7.23. The highest BCUT2D eigenvalue weighted by atomic mass is 127. The molecule has 10 heteroatoms. The topological polar surface area (TPSA) is 18.5 Å². The number of nitrogens with zero attached hydrogens (tertiary/aromatic N) is 3. The molecule has 2 unspecified atom stereocenters. The van der Waals surface area contributed by atoms with Gasteiger partial charge < -0.3 is 43.6 Å². The number of quaternary nitrogens is 1. The van der Waals surface area contributed by atoms with Crippen molar-refractivity contribution in [2.75, 3.05) is 50.1 Å². The SMILES string of the molecule is C[N+]1(C)CCCCC1CCN(c1ccccc1F)C1Cc2ccccc2C1.ClC(Cl)Cl.Fc1ccccc1N(CCC1CCCCN1)C1Cc2ccccc2C1.[I-]. The second-order valence-corrected chi connectivity index (χ2v) is 18.6. The lowest BCUT2D eigenvalue weighted by Gasteiger charge is -2.43. The Hall–Kier alpha value is -2.14. The van der Waals surface area contributed by atoms with Gasteiger partial charge in [0.05, 0.1) is 38.1 Å². The van der Waals surface area contributed by atoms with Crippen LogP contribution in [0.2, 0.25) is 0 Å². The van der Waals surface area contributed by atoms with Crippen LogP contribution in [-0.2, 0) is 25.7 Å². The summed E-state index contributed by atoms with van der Waals surface area (Å²) in [7, 11) is 4.73. The fraction of sp³-hybridized carbons (Fsp3) is 0.489. The van der Waals surface area contributed by atoms with Gasteiger partial charge in [-0.3, -0.25) is 0 Å². The summed E-state index contributed by atoms with van der Waals surface area (Å²) in [6, 6.07) is 33.9. The molecule has 2 aliphatic carbocycles. The van der Waals surface area contributed by atoms with Crippen molar-refractivity contribution in [2.24, 2.45) is 0 Å². The van der Waals surface area contributed by atoms with Crippen LogP contribution in [0.3, 0.4) is 0 Å². The first-order valence-electron chi connectivity index (χ1n) is 20.7. The summed E-state index contributed by atoms with van der Waals surface area (Å²) in [6.07, 6.45) is 14.1. The minimum Gasteiger partial charge on any atom is -1.00 e. The molecule has 310 valence electrons. The molecule has 2 atom stereocenters. The van der Waals surface area contributed by atoms with Crippen LogP contribution in [0.1, 0.15) is 73.6 Å². The molecular formula is C47H60Cl3F2IN4. The van der Waals surface area contributed by atoms with Gasteiger partial charge in [0, 0.05) is 37.6 Å². The number of hydrogen-bond acceptors (Lipinski definition) is 3. The van der Waals surface area contributed by atoms with Gasteiger partial charge in [-0.15, -0.1) is 0 Å². The smallest absolute Gasteiger partial charge is 0.180 e. The molecule has 2 heterocycles. The number of nitrogens with one attached hydrogen (secondary N) is 1. The van der Waals surface area contributed by atoms with Crippen LogP contribution in [0.5, 0.6) is 0 Å². The summed E-state index contributed by atoms with van der Waals surface area (Å²) in [4.78, 5) is 4.69. The quantitative estimate of drug-likeness (QED) is 0.0986. The van der Waals surface area contributed by atoms with Gasteiger partial charge in [0.15, 0.2) is 4.30 Å². The molecule has 0 aromatic heterocycles. The van der Waals surface area contributed by atoms with Crippen LogP contribution in [0, 0.1) is 11.6 Å². The second-order valence-electron chi connectivity index (χ2n) is 16.6. The third-order valence-electron chi connectivity index (χ3n) is 12.6. The molecular weight excluding hydrogens is 892 g/mol. The lowest BCUT2D eigenvalue weighted by Crippen LogP contribution is -3.00. The molecule has 4 aromatic rings. The van der Waals surface area contributed by atoms with Gasteiger partial charge in [-0.05, 0) is 117 Å². The van der Waals surface area contributed by atoms with E-state index in [2.05, 4.69) is 77.7 Å². The number of alkyl halides is 3. The van der Waals surface area contributed by atoms with Gasteiger partial charge in [-0.1, -0.05) is 114 Å². The van der Waals surface area contributed by atoms with Crippen molar-refractivity contribution >= 4 is 46.2 Å². The monoisotopic (exact) mass is 950 g/mol. The second kappa shape index (κ2) is 22.5. The van der Waals surface area contributed by atoms with Crippen LogP contribution in [0.25, 0.3) is 0 Å². The number of benzene rings is 4. The van der Waals surface area contributed by atoms with Gasteiger partial charge in [0.1, 0.15) is 11.6 Å². The maximum atomic E-state index is 14.7. The fourth-order valence-corrected chi connectivity index (χ4v) is 9.56. The number of rotatable bonds is 10. The summed E-state index contributed by atoms with van der Waals surface area (Å²) in [6.45, 7) is 4.24. The van der Waals surface area contributed by atoms with Crippen LogP contribution in [0.15, 0.2) is 97.1 Å². The summed E-state index contributed by atoms with van der Waals surface area (Å²) < 4.78 is 29.6. The van der Waals surface area contributed by atoms with Crippen molar-refractivity contribution < 1.29 is 37.2 Å². The largest absolute Gasteiger partial charge is 1.00 e. The molecule has 57 heavy (non-hydrogen) atoms. The van der Waals surface area contributed by atoms with Crippen LogP contribution in [0.4, 0.5) is 20.2 Å². The Morgan fingerprint density at radius 1 is 0.614 bits per heavy atom. The van der Waals surface area contributed by atoms with E-state index in [0.717, 1.165) is 74.0 Å². The highest BCUT2D eigenvalue weighted by Crippen LogP contribution is 2.33. The van der Waals surface area contributed by atoms with Crippen LogP contribution < -0.4 is 39.1 Å². The summed E-state index contributed by atoms with van der Waals surface area (Å²) in [5, 5.41) is 3.63. The van der Waals surface area contributed by atoms with Crippen molar-refractivity contribution in [3.05, 3.63) is 131 Å². The van der Waals surface area contributed by atoms with Crippen molar-refractivity contribution in [3.63, 3.8) is 0 Å². The molecule has 8 rings (SSSR count). The van der Waals surface area contributed by atoms with Crippen molar-refractivity contribution in [3.8, 4) is 0 Å². The van der Waals surface area contributed by atoms with Gasteiger partial charge in [0.25, 0.3) is 0 Å². The highest BCUT2D eigenvalue weighted by molar-refractivity contribution is 6.63. The number of halogens is 6. The Bertz CT molecular complexity index is 1770. The summed E-state index contributed by atoms with van der Waals surface area (Å²) >= 11 is 14.4.